The number of ether oxygens (including phenoxy) is 2. The van der Waals surface area contributed by atoms with Crippen molar-refractivity contribution in [1.29, 1.82) is 0 Å². The van der Waals surface area contributed by atoms with Crippen molar-refractivity contribution in [3.63, 3.8) is 0 Å². The summed E-state index contributed by atoms with van der Waals surface area (Å²) in [6.45, 7) is 11.7. The van der Waals surface area contributed by atoms with Crippen LogP contribution in [-0.2, 0) is 11.2 Å². The molecule has 0 amide bonds. The van der Waals surface area contributed by atoms with Gasteiger partial charge in [-0.05, 0) is 44.9 Å². The van der Waals surface area contributed by atoms with Gasteiger partial charge in [-0.3, -0.25) is 9.89 Å². The maximum absolute atomic E-state index is 5.53. The van der Waals surface area contributed by atoms with Crippen LogP contribution in [0.2, 0.25) is 0 Å². The van der Waals surface area contributed by atoms with Gasteiger partial charge < -0.3 is 20.1 Å². The van der Waals surface area contributed by atoms with Gasteiger partial charge in [-0.2, -0.15) is 0 Å². The van der Waals surface area contributed by atoms with Crippen LogP contribution in [0, 0.1) is 0 Å². The molecule has 26 heavy (non-hydrogen) atoms. The number of methoxy groups -OCH3 is 1. The number of guanidine groups is 1. The lowest BCUT2D eigenvalue weighted by molar-refractivity contribution is -0.0165. The van der Waals surface area contributed by atoms with Crippen LogP contribution in [0.4, 0.5) is 0 Å². The molecule has 1 aromatic rings. The van der Waals surface area contributed by atoms with Crippen LogP contribution in [0.1, 0.15) is 26.3 Å². The Morgan fingerprint density at radius 3 is 2.77 bits per heavy atom. The summed E-state index contributed by atoms with van der Waals surface area (Å²) in [7, 11) is 1.69. The van der Waals surface area contributed by atoms with Crippen LogP contribution in [0.15, 0.2) is 29.3 Å². The summed E-state index contributed by atoms with van der Waals surface area (Å²) in [6.07, 6.45) is 0.949. The number of hydrogen-bond donors (Lipinski definition) is 2. The number of aliphatic imine (C=N–C) groups is 1. The largest absolute Gasteiger partial charge is 0.497 e. The van der Waals surface area contributed by atoms with Gasteiger partial charge in [-0.25, -0.2) is 0 Å². The summed E-state index contributed by atoms with van der Waals surface area (Å²) in [5.74, 6) is 1.77. The van der Waals surface area contributed by atoms with E-state index in [1.54, 1.807) is 7.11 Å². The fourth-order valence-corrected chi connectivity index (χ4v) is 3.18. The van der Waals surface area contributed by atoms with Crippen LogP contribution in [-0.4, -0.2) is 69.4 Å². The minimum Gasteiger partial charge on any atom is -0.497 e. The van der Waals surface area contributed by atoms with Gasteiger partial charge in [0, 0.05) is 31.7 Å². The number of hydrogen-bond acceptors (Lipinski definition) is 4. The number of benzene rings is 1. The topological polar surface area (TPSA) is 58.1 Å². The van der Waals surface area contributed by atoms with Crippen LogP contribution in [0.25, 0.3) is 0 Å². The molecule has 0 saturated carbocycles. The fourth-order valence-electron chi connectivity index (χ4n) is 3.18. The van der Waals surface area contributed by atoms with Crippen molar-refractivity contribution in [1.82, 2.24) is 15.5 Å². The molecule has 2 N–H and O–H groups in total. The molecule has 1 aliphatic heterocycles. The van der Waals surface area contributed by atoms with E-state index in [1.165, 1.54) is 5.56 Å². The zero-order valence-corrected chi connectivity index (χ0v) is 16.6. The summed E-state index contributed by atoms with van der Waals surface area (Å²) < 4.78 is 10.7. The van der Waals surface area contributed by atoms with Crippen LogP contribution in [0.3, 0.4) is 0 Å². The van der Waals surface area contributed by atoms with Crippen molar-refractivity contribution in [3.05, 3.63) is 29.8 Å². The first-order valence-corrected chi connectivity index (χ1v) is 9.62. The highest BCUT2D eigenvalue weighted by Gasteiger charge is 2.23. The Morgan fingerprint density at radius 1 is 1.35 bits per heavy atom. The van der Waals surface area contributed by atoms with E-state index in [2.05, 4.69) is 48.4 Å². The Balaban J connectivity index is 1.81. The summed E-state index contributed by atoms with van der Waals surface area (Å²) in [5, 5.41) is 6.76. The van der Waals surface area contributed by atoms with E-state index in [-0.39, 0.29) is 0 Å². The molecule has 2 atom stereocenters. The predicted molar refractivity (Wildman–Crippen MR) is 107 cm³/mol. The smallest absolute Gasteiger partial charge is 0.191 e. The Bertz CT molecular complexity index is 547. The zero-order valence-electron chi connectivity index (χ0n) is 16.6. The maximum Gasteiger partial charge on any atom is 0.191 e. The first-order valence-electron chi connectivity index (χ1n) is 9.62. The van der Waals surface area contributed by atoms with E-state index in [1.807, 2.05) is 12.1 Å². The fraction of sp³-hybridized carbons (Fsp3) is 0.650. The molecule has 1 aromatic carbocycles. The van der Waals surface area contributed by atoms with Crippen molar-refractivity contribution in [2.45, 2.75) is 39.3 Å². The average Bonchev–Trinajstić information content (AvgIpc) is 2.66. The Kier molecular flexibility index (Phi) is 8.71. The van der Waals surface area contributed by atoms with E-state index < -0.39 is 0 Å². The first-order chi connectivity index (χ1) is 12.6. The third kappa shape index (κ3) is 6.50. The predicted octanol–water partition coefficient (Wildman–Crippen LogP) is 1.90. The van der Waals surface area contributed by atoms with Gasteiger partial charge in [0.25, 0.3) is 0 Å². The van der Waals surface area contributed by atoms with E-state index in [0.717, 1.165) is 57.5 Å². The van der Waals surface area contributed by atoms with Crippen molar-refractivity contribution < 1.29 is 9.47 Å². The molecule has 1 saturated heterocycles. The van der Waals surface area contributed by atoms with Gasteiger partial charge >= 0.3 is 0 Å². The van der Waals surface area contributed by atoms with E-state index in [0.29, 0.717) is 12.1 Å². The molecule has 0 bridgehead atoms. The summed E-state index contributed by atoms with van der Waals surface area (Å²) in [4.78, 5) is 7.25. The molecule has 6 heteroatoms. The Hall–Kier alpha value is -1.79. The Labute approximate surface area is 158 Å². The highest BCUT2D eigenvalue weighted by molar-refractivity contribution is 5.79. The van der Waals surface area contributed by atoms with Crippen molar-refractivity contribution in [2.75, 3.05) is 46.5 Å². The van der Waals surface area contributed by atoms with Gasteiger partial charge in [-0.1, -0.05) is 12.1 Å². The molecule has 0 radical (unpaired) electrons. The van der Waals surface area contributed by atoms with E-state index >= 15 is 0 Å². The molecule has 2 unspecified atom stereocenters. The lowest BCUT2D eigenvalue weighted by atomic mass is 10.1. The van der Waals surface area contributed by atoms with Crippen LogP contribution < -0.4 is 15.4 Å². The van der Waals surface area contributed by atoms with Gasteiger partial charge in [0.1, 0.15) is 5.75 Å². The van der Waals surface area contributed by atoms with E-state index in [9.17, 15) is 0 Å². The molecule has 146 valence electrons. The van der Waals surface area contributed by atoms with E-state index in [4.69, 9.17) is 14.5 Å². The van der Waals surface area contributed by atoms with Crippen molar-refractivity contribution >= 4 is 5.96 Å². The normalized spacial score (nSPS) is 19.8. The minimum atomic E-state index is 0.408. The molecule has 6 nitrogen and oxygen atoms in total. The molecular formula is C20H34N4O2. The third-order valence-corrected chi connectivity index (χ3v) is 4.71. The lowest BCUT2D eigenvalue weighted by Gasteiger charge is -2.37. The van der Waals surface area contributed by atoms with Crippen LogP contribution in [0.5, 0.6) is 5.75 Å². The maximum atomic E-state index is 5.53. The van der Waals surface area contributed by atoms with Gasteiger partial charge in [0.05, 0.1) is 26.9 Å². The van der Waals surface area contributed by atoms with Gasteiger partial charge in [-0.15, -0.1) is 0 Å². The molecule has 0 aromatic heterocycles. The van der Waals surface area contributed by atoms with Gasteiger partial charge in [0.2, 0.25) is 0 Å². The highest BCUT2D eigenvalue weighted by Crippen LogP contribution is 2.12. The lowest BCUT2D eigenvalue weighted by Crippen LogP contribution is -2.49. The molecule has 1 heterocycles. The second-order valence-electron chi connectivity index (χ2n) is 6.76. The average molecular weight is 363 g/mol. The molecule has 0 aliphatic carbocycles. The van der Waals surface area contributed by atoms with Crippen molar-refractivity contribution in [3.8, 4) is 5.75 Å². The Morgan fingerprint density at radius 2 is 2.12 bits per heavy atom. The third-order valence-electron chi connectivity index (χ3n) is 4.71. The molecule has 2 rings (SSSR count). The first kappa shape index (κ1) is 20.5. The zero-order chi connectivity index (χ0) is 18.8. The molecule has 1 fully saturated rings. The number of rotatable bonds is 8. The monoisotopic (exact) mass is 362 g/mol. The second-order valence-corrected chi connectivity index (χ2v) is 6.76. The number of morpholine rings is 1. The highest BCUT2D eigenvalue weighted by atomic mass is 16.5. The molecule has 0 spiro atoms. The SMILES string of the molecule is CCNC(=NCC(C)N1CCOCC1C)NCCc1ccc(OC)cc1. The number of nitrogens with one attached hydrogen (secondary N) is 2. The van der Waals surface area contributed by atoms with Gasteiger partial charge in [0.15, 0.2) is 5.96 Å². The molecular weight excluding hydrogens is 328 g/mol. The summed E-state index contributed by atoms with van der Waals surface area (Å²) in [6, 6.07) is 9.07. The summed E-state index contributed by atoms with van der Waals surface area (Å²) >= 11 is 0. The molecule has 1 aliphatic rings. The van der Waals surface area contributed by atoms with Crippen molar-refractivity contribution in [2.24, 2.45) is 4.99 Å². The summed E-state index contributed by atoms with van der Waals surface area (Å²) in [5.41, 5.74) is 1.28. The standard InChI is InChI=1S/C20H34N4O2/c1-5-21-20(22-11-10-18-6-8-19(25-4)9-7-18)23-14-16(2)24-12-13-26-15-17(24)3/h6-9,16-17H,5,10-15H2,1-4H3,(H2,21,22,23). The van der Waals surface area contributed by atoms with Crippen LogP contribution >= 0.6 is 0 Å². The second kappa shape index (κ2) is 11.0. The minimum absolute atomic E-state index is 0.408. The number of nitrogens with zero attached hydrogens (tertiary/aromatic N) is 2. The quantitative estimate of drug-likeness (QED) is 0.546.